The van der Waals surface area contributed by atoms with Crippen LogP contribution < -0.4 is 9.62 Å². The molecule has 2 rings (SSSR count). The van der Waals surface area contributed by atoms with Crippen LogP contribution in [0.2, 0.25) is 10.0 Å². The molecule has 0 aliphatic rings. The molecule has 9 heteroatoms. The third kappa shape index (κ3) is 4.86. The van der Waals surface area contributed by atoms with Crippen molar-refractivity contribution in [3.8, 4) is 6.07 Å². The van der Waals surface area contributed by atoms with Gasteiger partial charge in [0.25, 0.3) is 0 Å². The highest BCUT2D eigenvalue weighted by Crippen LogP contribution is 2.28. The number of hydrogen-bond donors (Lipinski definition) is 1. The average Bonchev–Trinajstić information content (AvgIpc) is 2.55. The molecule has 0 spiro atoms. The van der Waals surface area contributed by atoms with E-state index in [-0.39, 0.29) is 21.3 Å². The van der Waals surface area contributed by atoms with Crippen molar-refractivity contribution in [1.29, 1.82) is 5.26 Å². The molecular weight excluding hydrogens is 385 g/mol. The Morgan fingerprint density at radius 3 is 2.48 bits per heavy atom. The van der Waals surface area contributed by atoms with Gasteiger partial charge < -0.3 is 5.32 Å². The van der Waals surface area contributed by atoms with E-state index in [4.69, 9.17) is 28.5 Å². The van der Waals surface area contributed by atoms with E-state index in [9.17, 15) is 13.2 Å². The molecule has 6 nitrogen and oxygen atoms in total. The number of nitrogens with one attached hydrogen (secondary N) is 1. The number of nitriles is 1. The lowest BCUT2D eigenvalue weighted by molar-refractivity contribution is -0.114. The molecular formula is C16H13Cl2N3O3S. The zero-order chi connectivity index (χ0) is 18.6. The summed E-state index contributed by atoms with van der Waals surface area (Å²) in [4.78, 5) is 12.3. The summed E-state index contributed by atoms with van der Waals surface area (Å²) in [7, 11) is -3.74. The van der Waals surface area contributed by atoms with E-state index in [0.29, 0.717) is 5.69 Å². The third-order valence-corrected chi connectivity index (χ3v) is 5.08. The molecule has 0 atom stereocenters. The fraction of sp³-hybridized carbons (Fsp3) is 0.125. The Morgan fingerprint density at radius 2 is 1.88 bits per heavy atom. The normalized spacial score (nSPS) is 10.8. The Morgan fingerprint density at radius 1 is 1.20 bits per heavy atom. The van der Waals surface area contributed by atoms with E-state index in [0.717, 1.165) is 10.6 Å². The molecule has 2 aromatic rings. The van der Waals surface area contributed by atoms with Gasteiger partial charge in [-0.2, -0.15) is 5.26 Å². The van der Waals surface area contributed by atoms with Crippen LogP contribution in [0.5, 0.6) is 0 Å². The van der Waals surface area contributed by atoms with Crippen molar-refractivity contribution in [3.05, 3.63) is 58.1 Å². The lowest BCUT2D eigenvalue weighted by atomic mass is 10.2. The molecule has 25 heavy (non-hydrogen) atoms. The minimum Gasteiger partial charge on any atom is -0.323 e. The number of nitrogens with zero attached hydrogens (tertiary/aromatic N) is 2. The maximum Gasteiger partial charge on any atom is 0.245 e. The number of carbonyl (C=O) groups excluding carboxylic acids is 1. The van der Waals surface area contributed by atoms with Crippen LogP contribution in [-0.2, 0) is 14.8 Å². The summed E-state index contributed by atoms with van der Waals surface area (Å²) in [6.07, 6.45) is 0.978. The van der Waals surface area contributed by atoms with Gasteiger partial charge in [-0.15, -0.1) is 0 Å². The van der Waals surface area contributed by atoms with Crippen molar-refractivity contribution >= 4 is 50.5 Å². The topological polar surface area (TPSA) is 90.3 Å². The van der Waals surface area contributed by atoms with Crippen LogP contribution in [0.4, 0.5) is 11.4 Å². The Labute approximate surface area is 155 Å². The maximum atomic E-state index is 12.3. The first kappa shape index (κ1) is 19.1. The Balaban J connectivity index is 2.27. The molecule has 1 N–H and O–H groups in total. The molecule has 130 valence electrons. The predicted octanol–water partition coefficient (Wildman–Crippen LogP) is 3.27. The van der Waals surface area contributed by atoms with E-state index >= 15 is 0 Å². The summed E-state index contributed by atoms with van der Waals surface area (Å²) in [6.45, 7) is -0.476. The van der Waals surface area contributed by atoms with E-state index in [1.165, 1.54) is 18.2 Å². The monoisotopic (exact) mass is 397 g/mol. The second-order valence-electron chi connectivity index (χ2n) is 5.07. The largest absolute Gasteiger partial charge is 0.323 e. The van der Waals surface area contributed by atoms with Crippen LogP contribution in [0, 0.1) is 11.3 Å². The zero-order valence-corrected chi connectivity index (χ0v) is 15.4. The van der Waals surface area contributed by atoms with Crippen LogP contribution in [-0.4, -0.2) is 27.1 Å². The number of amides is 1. The molecule has 0 saturated heterocycles. The standard InChI is InChI=1S/C16H13Cl2N3O3S/c1-25(23,24)21(12-6-7-13(17)14(18)8-12)10-16(22)20-15-5-3-2-4-11(15)9-19/h2-8H,10H2,1H3,(H,20,22). The van der Waals surface area contributed by atoms with Crippen molar-refractivity contribution < 1.29 is 13.2 Å². The molecule has 1 amide bonds. The van der Waals surface area contributed by atoms with Crippen molar-refractivity contribution in [1.82, 2.24) is 0 Å². The summed E-state index contributed by atoms with van der Waals surface area (Å²) in [5.41, 5.74) is 0.787. The number of hydrogen-bond acceptors (Lipinski definition) is 4. The zero-order valence-electron chi connectivity index (χ0n) is 13.0. The van der Waals surface area contributed by atoms with Gasteiger partial charge in [-0.05, 0) is 30.3 Å². The molecule has 0 radical (unpaired) electrons. The second kappa shape index (κ2) is 7.74. The minimum absolute atomic E-state index is 0.169. The average molecular weight is 398 g/mol. The van der Waals surface area contributed by atoms with E-state index in [1.54, 1.807) is 24.3 Å². The fourth-order valence-corrected chi connectivity index (χ4v) is 3.19. The molecule has 2 aromatic carbocycles. The van der Waals surface area contributed by atoms with Crippen molar-refractivity contribution in [2.45, 2.75) is 0 Å². The van der Waals surface area contributed by atoms with Crippen LogP contribution in [0.25, 0.3) is 0 Å². The van der Waals surface area contributed by atoms with Crippen LogP contribution in [0.15, 0.2) is 42.5 Å². The summed E-state index contributed by atoms with van der Waals surface area (Å²) < 4.78 is 25.0. The van der Waals surface area contributed by atoms with Gasteiger partial charge in [0.2, 0.25) is 15.9 Å². The van der Waals surface area contributed by atoms with Gasteiger partial charge in [0, 0.05) is 0 Å². The first-order valence-electron chi connectivity index (χ1n) is 6.94. The SMILES string of the molecule is CS(=O)(=O)N(CC(=O)Nc1ccccc1C#N)c1ccc(Cl)c(Cl)c1. The number of sulfonamides is 1. The van der Waals surface area contributed by atoms with Gasteiger partial charge >= 0.3 is 0 Å². The van der Waals surface area contributed by atoms with Gasteiger partial charge in [-0.25, -0.2) is 8.42 Å². The highest BCUT2D eigenvalue weighted by molar-refractivity contribution is 7.92. The molecule has 0 aliphatic heterocycles. The smallest absolute Gasteiger partial charge is 0.245 e. The fourth-order valence-electron chi connectivity index (χ4n) is 2.05. The number of rotatable bonds is 5. The summed E-state index contributed by atoms with van der Waals surface area (Å²) in [6, 6.07) is 12.6. The highest BCUT2D eigenvalue weighted by Gasteiger charge is 2.22. The van der Waals surface area contributed by atoms with Crippen molar-refractivity contribution in [2.75, 3.05) is 22.4 Å². The number of carbonyl (C=O) groups is 1. The number of anilines is 2. The first-order valence-corrected chi connectivity index (χ1v) is 9.54. The maximum absolute atomic E-state index is 12.3. The van der Waals surface area contributed by atoms with Gasteiger partial charge in [-0.3, -0.25) is 9.10 Å². The van der Waals surface area contributed by atoms with Gasteiger partial charge in [0.05, 0.1) is 33.2 Å². The van der Waals surface area contributed by atoms with E-state index in [2.05, 4.69) is 5.32 Å². The molecule has 0 bridgehead atoms. The molecule has 0 fully saturated rings. The molecule has 0 heterocycles. The van der Waals surface area contributed by atoms with Crippen LogP contribution in [0.1, 0.15) is 5.56 Å². The van der Waals surface area contributed by atoms with Crippen molar-refractivity contribution in [3.63, 3.8) is 0 Å². The van der Waals surface area contributed by atoms with Crippen LogP contribution >= 0.6 is 23.2 Å². The molecule has 0 unspecified atom stereocenters. The minimum atomic E-state index is -3.74. The molecule has 0 aliphatic carbocycles. The Hall–Kier alpha value is -2.27. The Kier molecular flexibility index (Phi) is 5.90. The summed E-state index contributed by atoms with van der Waals surface area (Å²) in [5, 5.41) is 12.0. The van der Waals surface area contributed by atoms with Gasteiger partial charge in [-0.1, -0.05) is 35.3 Å². The summed E-state index contributed by atoms with van der Waals surface area (Å²) >= 11 is 11.8. The lowest BCUT2D eigenvalue weighted by Gasteiger charge is -2.22. The number of halogens is 2. The highest BCUT2D eigenvalue weighted by atomic mass is 35.5. The first-order chi connectivity index (χ1) is 11.7. The quantitative estimate of drug-likeness (QED) is 0.837. The third-order valence-electron chi connectivity index (χ3n) is 3.20. The van der Waals surface area contributed by atoms with Crippen molar-refractivity contribution in [2.24, 2.45) is 0 Å². The van der Waals surface area contributed by atoms with E-state index < -0.39 is 22.5 Å². The van der Waals surface area contributed by atoms with Gasteiger partial charge in [0.1, 0.15) is 12.6 Å². The number of benzene rings is 2. The predicted molar refractivity (Wildman–Crippen MR) is 98.4 cm³/mol. The van der Waals surface area contributed by atoms with Gasteiger partial charge in [0.15, 0.2) is 0 Å². The van der Waals surface area contributed by atoms with Crippen LogP contribution in [0.3, 0.4) is 0 Å². The second-order valence-corrected chi connectivity index (χ2v) is 7.79. The Bertz CT molecular complexity index is 955. The number of para-hydroxylation sites is 1. The van der Waals surface area contributed by atoms with E-state index in [1.807, 2.05) is 6.07 Å². The lowest BCUT2D eigenvalue weighted by Crippen LogP contribution is -2.37. The molecule has 0 saturated carbocycles. The molecule has 0 aromatic heterocycles. The summed E-state index contributed by atoms with van der Waals surface area (Å²) in [5.74, 6) is -0.598.